The first-order valence-electron chi connectivity index (χ1n) is 27.6. The maximum Gasteiger partial charge on any atom is 0.0824 e. The third kappa shape index (κ3) is 43.7. The van der Waals surface area contributed by atoms with Gasteiger partial charge in [-0.1, -0.05) is 96.3 Å². The second-order valence-electron chi connectivity index (χ2n) is 22.6. The molecule has 3 aromatic carbocycles. The van der Waals surface area contributed by atoms with Gasteiger partial charge in [-0.25, -0.2) is 19.2 Å². The molecule has 7 rings (SSSR count). The van der Waals surface area contributed by atoms with Gasteiger partial charge >= 0.3 is 74.9 Å². The Balaban J connectivity index is -0.000000353. The van der Waals surface area contributed by atoms with Crippen molar-refractivity contribution < 1.29 is 114 Å². The fraction of sp³-hybridized carbons (Fsp3) is 0.600. The molecule has 20 nitrogen and oxygen atoms in total. The van der Waals surface area contributed by atoms with Crippen LogP contribution in [0.15, 0.2) is 66.7 Å². The van der Waals surface area contributed by atoms with Gasteiger partial charge in [-0.3, -0.25) is 9.80 Å². The molecule has 0 radical (unpaired) electrons. The number of carbonyl (C=O) groups is 4. The van der Waals surface area contributed by atoms with Crippen LogP contribution in [0.1, 0.15) is 89.3 Å². The van der Waals surface area contributed by atoms with Crippen molar-refractivity contribution in [1.29, 1.82) is 0 Å². The molecule has 4 atom stereocenters. The third-order valence-electron chi connectivity index (χ3n) is 11.7. The van der Waals surface area contributed by atoms with Crippen LogP contribution < -0.4 is 40.3 Å². The molecule has 0 spiro atoms. The minimum atomic E-state index is -0.551. The van der Waals surface area contributed by atoms with E-state index in [9.17, 15) is 19.2 Å². The Labute approximate surface area is 611 Å². The molecule has 4 aliphatic heterocycles. The molecule has 4 saturated heterocycles. The van der Waals surface area contributed by atoms with Crippen molar-refractivity contribution in [3.05, 3.63) is 118 Å². The number of hydrogen-bond donors (Lipinski definition) is 5. The van der Waals surface area contributed by atoms with E-state index in [-0.39, 0.29) is 110 Å². The number of nitrogens with one attached hydrogen (secondary N) is 4. The number of ether oxygens (including phenoxy) is 8. The molecule has 0 aliphatic carbocycles. The van der Waals surface area contributed by atoms with Gasteiger partial charge in [-0.2, -0.15) is 0 Å². The molecule has 3 aromatic rings. The Bertz CT molecular complexity index is 2440. The summed E-state index contributed by atoms with van der Waals surface area (Å²) in [5.74, 6) is 0. The second kappa shape index (κ2) is 49.6. The third-order valence-corrected chi connectivity index (χ3v) is 13.2. The number of alkyl carbamates (subject to hydrolysis) is 3. The number of rotatable bonds is 13. The second-order valence-corrected chi connectivity index (χ2v) is 40.4. The van der Waals surface area contributed by atoms with Gasteiger partial charge in [0, 0.05) is 129 Å². The Morgan fingerprint density at radius 3 is 1.39 bits per heavy atom. The molecule has 0 unspecified atom stereocenters. The monoisotopic (exact) mass is 1860 g/mol. The molecule has 29 heteroatoms. The number of benzene rings is 3. The van der Waals surface area contributed by atoms with E-state index in [2.05, 4.69) is 68.3 Å². The Hall–Kier alpha value is -0.905. The molecule has 4 heterocycles. The summed E-state index contributed by atoms with van der Waals surface area (Å²) in [4.78, 5) is 53.0. The fourth-order valence-corrected chi connectivity index (χ4v) is 8.65. The van der Waals surface area contributed by atoms with Crippen LogP contribution in [0.5, 0.6) is 0 Å². The average Bonchev–Trinajstić information content (AvgIpc) is 3.62. The van der Waals surface area contributed by atoms with Crippen molar-refractivity contribution in [3.8, 4) is 0 Å². The quantitative estimate of drug-likeness (QED) is 0.0465. The van der Waals surface area contributed by atoms with Crippen molar-refractivity contribution in [1.82, 2.24) is 36.0 Å². The standard InChI is InChI=1S/C18H26N2O5.C17H24Cl2N2O3.C12H16Cl2N2O.C10H20N2O3.CH4.2CH3.I3.2Pd.2H2/c1-18(2,3)25-16(21)19-11-15-12-20(9-10-23-15)17(22)24-13-14-7-5-4-6-8-14;1-17(2,3)24-16(22)20-9-13-11-21(6-7-23-13)10-12-4-5-14(18)15(19)8-12;13-11-2-1-9(5-12(11)14)7-16-3-4-17-10(6-15)8-16;1-10(2,3)15-9(13)12-7-8-6-11-4-5-14-8;;;;1-3-2;;;;/h4-8,15H,9-13H2,1-3H3,(H,19,21);4-5,8,13H,6-7,9-11H2,1-3H3,(H,20,22);1-2,5,10H,3-4,6-8,15H2;8,11H,4-7H2,1-3H3,(H,12,13);1H4;2*1H3;;;;2*1H/q;;;;;3*-1;;;;/t15-;13-;10-;8-;;;;;;;;/m0001......../s1. The number of nitrogens with zero attached hydrogens (tertiary/aromatic N) is 3. The predicted molar refractivity (Wildman–Crippen MR) is 367 cm³/mol. The Morgan fingerprint density at radius 1 is 0.596 bits per heavy atom. The first-order valence-corrected chi connectivity index (χ1v) is 41.6. The minimum Gasteiger partial charge on any atom is -0.374 e. The van der Waals surface area contributed by atoms with Crippen LogP contribution in [0.2, 0.25) is 20.1 Å². The Kier molecular flexibility index (Phi) is 51.4. The first-order chi connectivity index (χ1) is 39.6. The van der Waals surface area contributed by atoms with E-state index in [1.807, 2.05) is 102 Å². The van der Waals surface area contributed by atoms with Gasteiger partial charge in [0.15, 0.2) is 0 Å². The Morgan fingerprint density at radius 2 is 0.989 bits per heavy atom. The summed E-state index contributed by atoms with van der Waals surface area (Å²) in [6.07, 6.45) is -1.85. The number of halogens is 7. The van der Waals surface area contributed by atoms with E-state index in [0.717, 1.165) is 75.7 Å². The van der Waals surface area contributed by atoms with E-state index in [1.165, 1.54) is 0 Å². The summed E-state index contributed by atoms with van der Waals surface area (Å²) in [5.41, 5.74) is 7.31. The maximum atomic E-state index is 12.2. The van der Waals surface area contributed by atoms with Gasteiger partial charge < -0.3 is 84.6 Å². The molecule has 6 N–H and O–H groups in total. The normalized spacial score (nSPS) is 18.3. The van der Waals surface area contributed by atoms with Crippen LogP contribution in [0.4, 0.5) is 19.2 Å². The van der Waals surface area contributed by atoms with E-state index >= 15 is 0 Å². The summed E-state index contributed by atoms with van der Waals surface area (Å²) in [6.45, 7) is 28.4. The molecule has 0 aromatic heterocycles. The maximum absolute atomic E-state index is 12.2. The van der Waals surface area contributed by atoms with Gasteiger partial charge in [0.25, 0.3) is 0 Å². The number of nitrogens with two attached hydrogens (primary N) is 1. The molecular formula is C60H100Cl4I3N8O12Pd2-3. The van der Waals surface area contributed by atoms with Crippen LogP contribution in [-0.4, -0.2) is 185 Å². The fourth-order valence-electron chi connectivity index (χ4n) is 8.01. The summed E-state index contributed by atoms with van der Waals surface area (Å²) in [6, 6.07) is 20.9. The van der Waals surface area contributed by atoms with Gasteiger partial charge in [0.2, 0.25) is 0 Å². The summed E-state index contributed by atoms with van der Waals surface area (Å²) in [7, 11) is 0. The van der Waals surface area contributed by atoms with Gasteiger partial charge in [-0.15, -0.1) is 0 Å². The average molecular weight is 1860 g/mol. The van der Waals surface area contributed by atoms with Crippen LogP contribution in [-0.2, 0) is 98.4 Å². The van der Waals surface area contributed by atoms with Gasteiger partial charge in [0.05, 0.1) is 77.5 Å². The van der Waals surface area contributed by atoms with Crippen molar-refractivity contribution in [2.45, 2.75) is 131 Å². The number of carbonyl (C=O) groups excluding carboxylic acids is 4. The van der Waals surface area contributed by atoms with Crippen LogP contribution in [0, 0.1) is 14.9 Å². The number of hydrogen-bond acceptors (Lipinski definition) is 16. The largest absolute Gasteiger partial charge is 0.374 e. The van der Waals surface area contributed by atoms with E-state index < -0.39 is 35.1 Å². The molecule has 0 saturated carbocycles. The zero-order valence-electron chi connectivity index (χ0n) is 52.2. The van der Waals surface area contributed by atoms with Crippen molar-refractivity contribution in [2.75, 3.05) is 105 Å². The first kappa shape index (κ1) is 92.3. The van der Waals surface area contributed by atoms with E-state index in [4.69, 9.17) is 90.0 Å². The molecule has 524 valence electrons. The van der Waals surface area contributed by atoms with Crippen molar-refractivity contribution in [2.24, 2.45) is 5.73 Å². The van der Waals surface area contributed by atoms with Crippen molar-refractivity contribution in [3.63, 3.8) is 0 Å². The van der Waals surface area contributed by atoms with Crippen LogP contribution >= 0.6 is 83.6 Å². The zero-order chi connectivity index (χ0) is 62.3. The number of morpholine rings is 4. The predicted octanol–water partition coefficient (Wildman–Crippen LogP) is 9.72. The SMILES string of the molecule is C.CC(C)(C)OC(=O)NC[C@H]1CN(C(=O)OCc2ccccc2)CCO1.CC(C)(C)OC(=O)NC[C@H]1CN(Cc2ccc(Cl)c(Cl)c2)CCO1.CC(C)(C)OC(=O)NC[C@H]1CNCCO1.I[I-]I.NC[C@H]1CN(Cc2ccc(Cl)c(Cl)c2)CCO1.[CH3-].[CH3-].[HH].[HH].[Pd].[Pd]. The zero-order valence-corrected chi connectivity index (χ0v) is 64.8. The molecule has 4 amide bonds. The molecule has 4 aliphatic rings. The number of amides is 4. The molecule has 4 fully saturated rings. The topological polar surface area (TPSA) is 226 Å². The van der Waals surface area contributed by atoms with Crippen LogP contribution in [0.25, 0.3) is 0 Å². The summed E-state index contributed by atoms with van der Waals surface area (Å²) < 4.78 is 43.1. The summed E-state index contributed by atoms with van der Waals surface area (Å²) in [5, 5.41) is 13.6. The smallest absolute Gasteiger partial charge is 0.0824 e. The summed E-state index contributed by atoms with van der Waals surface area (Å²) >= 11 is 29.2. The van der Waals surface area contributed by atoms with E-state index in [0.29, 0.717) is 85.9 Å². The van der Waals surface area contributed by atoms with Crippen molar-refractivity contribution >= 4 is 108 Å². The van der Waals surface area contributed by atoms with E-state index in [1.54, 1.807) is 31.7 Å². The van der Waals surface area contributed by atoms with Gasteiger partial charge in [0.1, 0.15) is 23.4 Å². The minimum absolute atomic E-state index is 0. The van der Waals surface area contributed by atoms with Gasteiger partial charge in [-0.05, 0) is 103 Å². The van der Waals surface area contributed by atoms with Crippen LogP contribution in [0.3, 0.4) is 0 Å². The molecule has 89 heavy (non-hydrogen) atoms. The molecular weight excluding hydrogens is 1760 g/mol. The molecule has 0 bridgehead atoms.